The topological polar surface area (TPSA) is 0 Å². The van der Waals surface area contributed by atoms with E-state index in [2.05, 4.69) is 6.92 Å². The average Bonchev–Trinajstić information content (AvgIpc) is 2.78. The Morgan fingerprint density at radius 3 is 1.88 bits per heavy atom. The zero-order chi connectivity index (χ0) is 23.8. The van der Waals surface area contributed by atoms with Gasteiger partial charge >= 0.3 is 6.18 Å². The Balaban J connectivity index is 1.46. The maximum Gasteiger partial charge on any atom is 0.458 e. The Hall–Kier alpha value is -1.57. The van der Waals surface area contributed by atoms with E-state index in [1.807, 2.05) is 0 Å². The second-order valence-electron chi connectivity index (χ2n) is 10.2. The molecule has 0 saturated heterocycles. The summed E-state index contributed by atoms with van der Waals surface area (Å²) in [5, 5.41) is 0. The van der Waals surface area contributed by atoms with E-state index in [1.165, 1.54) is 76.3 Å². The predicted molar refractivity (Wildman–Crippen MR) is 123 cm³/mol. The Kier molecular flexibility index (Phi) is 9.65. The van der Waals surface area contributed by atoms with Crippen molar-refractivity contribution in [2.45, 2.75) is 109 Å². The van der Waals surface area contributed by atoms with Crippen molar-refractivity contribution in [1.29, 1.82) is 0 Å². The van der Waals surface area contributed by atoms with Gasteiger partial charge in [-0.05, 0) is 79.9 Å². The molecule has 0 aromatic heterocycles. The number of hydrogen-bond donors (Lipinski definition) is 0. The van der Waals surface area contributed by atoms with Gasteiger partial charge in [-0.2, -0.15) is 13.2 Å². The third-order valence-electron chi connectivity index (χ3n) is 7.91. The van der Waals surface area contributed by atoms with Crippen LogP contribution in [0.4, 0.5) is 22.0 Å². The summed E-state index contributed by atoms with van der Waals surface area (Å²) < 4.78 is 65.4. The van der Waals surface area contributed by atoms with Crippen LogP contribution in [0.15, 0.2) is 12.1 Å². The molecule has 0 radical (unpaired) electrons. The lowest BCUT2D eigenvalue weighted by Gasteiger charge is -2.38. The summed E-state index contributed by atoms with van der Waals surface area (Å²) in [7, 11) is 0. The quantitative estimate of drug-likeness (QED) is 0.203. The van der Waals surface area contributed by atoms with E-state index >= 15 is 0 Å². The van der Waals surface area contributed by atoms with E-state index in [0.717, 1.165) is 43.4 Å². The summed E-state index contributed by atoms with van der Waals surface area (Å²) in [6.07, 6.45) is 12.6. The van der Waals surface area contributed by atoms with Gasteiger partial charge in [0.25, 0.3) is 0 Å². The van der Waals surface area contributed by atoms with Gasteiger partial charge in [0.2, 0.25) is 0 Å². The van der Waals surface area contributed by atoms with Gasteiger partial charge in [0.05, 0.1) is 5.56 Å². The third kappa shape index (κ3) is 8.01. The summed E-state index contributed by atoms with van der Waals surface area (Å²) in [5.41, 5.74) is -0.250. The minimum Gasteiger partial charge on any atom is -0.206 e. The standard InChI is InChI=1S/C28H37F5/c1-2-3-4-5-6-7-20-8-10-21(11-9-20)22-12-14-23(15-13-22)24-18-26(29)25(27(30)19-24)16-17-28(31,32)33/h18-23H,2-15H2,1H3. The van der Waals surface area contributed by atoms with Crippen LogP contribution in [0.25, 0.3) is 0 Å². The monoisotopic (exact) mass is 468 g/mol. The first kappa shape index (κ1) is 26.0. The molecule has 3 rings (SSSR count). The zero-order valence-electron chi connectivity index (χ0n) is 19.8. The summed E-state index contributed by atoms with van der Waals surface area (Å²) in [5.74, 6) is 2.97. The normalized spacial score (nSPS) is 26.0. The molecule has 33 heavy (non-hydrogen) atoms. The minimum atomic E-state index is -4.77. The lowest BCUT2D eigenvalue weighted by molar-refractivity contribution is -0.0696. The second-order valence-corrected chi connectivity index (χ2v) is 10.2. The first-order valence-electron chi connectivity index (χ1n) is 12.9. The maximum absolute atomic E-state index is 14.3. The lowest BCUT2D eigenvalue weighted by atomic mass is 9.68. The number of alkyl halides is 3. The van der Waals surface area contributed by atoms with Gasteiger partial charge in [-0.1, -0.05) is 64.2 Å². The molecule has 0 atom stereocenters. The van der Waals surface area contributed by atoms with E-state index in [1.54, 1.807) is 5.92 Å². The molecule has 0 N–H and O–H groups in total. The van der Waals surface area contributed by atoms with Gasteiger partial charge in [-0.3, -0.25) is 0 Å². The first-order valence-corrected chi connectivity index (χ1v) is 12.9. The molecule has 0 amide bonds. The van der Waals surface area contributed by atoms with Gasteiger partial charge in [-0.15, -0.1) is 0 Å². The molecule has 0 heterocycles. The molecule has 2 saturated carbocycles. The molecule has 1 aromatic carbocycles. The van der Waals surface area contributed by atoms with Crippen molar-refractivity contribution in [3.05, 3.63) is 34.9 Å². The van der Waals surface area contributed by atoms with Crippen LogP contribution in [0.2, 0.25) is 0 Å². The number of halogens is 5. The van der Waals surface area contributed by atoms with Crippen molar-refractivity contribution in [3.63, 3.8) is 0 Å². The Morgan fingerprint density at radius 1 is 0.788 bits per heavy atom. The maximum atomic E-state index is 14.3. The third-order valence-corrected chi connectivity index (χ3v) is 7.91. The summed E-state index contributed by atoms with van der Waals surface area (Å²) in [6, 6.07) is 2.36. The van der Waals surface area contributed by atoms with E-state index < -0.39 is 23.4 Å². The molecule has 0 nitrogen and oxygen atoms in total. The van der Waals surface area contributed by atoms with Crippen molar-refractivity contribution < 1.29 is 22.0 Å². The Morgan fingerprint density at radius 2 is 1.33 bits per heavy atom. The lowest BCUT2D eigenvalue weighted by Crippen LogP contribution is -2.25. The van der Waals surface area contributed by atoms with Gasteiger partial charge < -0.3 is 0 Å². The molecule has 0 bridgehead atoms. The summed E-state index contributed by atoms with van der Waals surface area (Å²) in [6.45, 7) is 2.25. The fourth-order valence-electron chi connectivity index (χ4n) is 5.99. The van der Waals surface area contributed by atoms with Crippen molar-refractivity contribution in [2.24, 2.45) is 17.8 Å². The van der Waals surface area contributed by atoms with Crippen molar-refractivity contribution in [1.82, 2.24) is 0 Å². The van der Waals surface area contributed by atoms with E-state index in [0.29, 0.717) is 11.5 Å². The Bertz CT molecular complexity index is 777. The molecule has 0 unspecified atom stereocenters. The molecule has 5 heteroatoms. The van der Waals surface area contributed by atoms with Crippen molar-refractivity contribution in [2.75, 3.05) is 0 Å². The fourth-order valence-corrected chi connectivity index (χ4v) is 5.99. The average molecular weight is 469 g/mol. The van der Waals surface area contributed by atoms with Crippen molar-refractivity contribution in [3.8, 4) is 11.8 Å². The molecule has 0 spiro atoms. The zero-order valence-corrected chi connectivity index (χ0v) is 19.8. The van der Waals surface area contributed by atoms with Crippen LogP contribution in [-0.2, 0) is 0 Å². The van der Waals surface area contributed by atoms with Gasteiger partial charge in [0.1, 0.15) is 11.6 Å². The van der Waals surface area contributed by atoms with Crippen molar-refractivity contribution >= 4 is 0 Å². The predicted octanol–water partition coefficient (Wildman–Crippen LogP) is 9.32. The highest BCUT2D eigenvalue weighted by Gasteiger charge is 2.31. The van der Waals surface area contributed by atoms with Crippen LogP contribution < -0.4 is 0 Å². The van der Waals surface area contributed by atoms with Gasteiger partial charge in [0, 0.05) is 5.92 Å². The van der Waals surface area contributed by atoms with Crippen LogP contribution in [0.3, 0.4) is 0 Å². The SMILES string of the molecule is CCCCCCCC1CCC(C2CCC(c3cc(F)c(C#CC(F)(F)F)c(F)c3)CC2)CC1. The Labute approximate surface area is 195 Å². The highest BCUT2D eigenvalue weighted by atomic mass is 19.4. The fraction of sp³-hybridized carbons (Fsp3) is 0.714. The number of benzene rings is 1. The number of rotatable bonds is 8. The van der Waals surface area contributed by atoms with E-state index in [4.69, 9.17) is 0 Å². The van der Waals surface area contributed by atoms with Crippen LogP contribution in [0.1, 0.15) is 114 Å². The number of unbranched alkanes of at least 4 members (excludes halogenated alkanes) is 4. The molecule has 1 aromatic rings. The summed E-state index contributed by atoms with van der Waals surface area (Å²) >= 11 is 0. The molecular formula is C28H37F5. The van der Waals surface area contributed by atoms with Crippen LogP contribution in [-0.4, -0.2) is 6.18 Å². The van der Waals surface area contributed by atoms with Crippen LogP contribution >= 0.6 is 0 Å². The highest BCUT2D eigenvalue weighted by Crippen LogP contribution is 2.44. The highest BCUT2D eigenvalue weighted by molar-refractivity contribution is 5.40. The summed E-state index contributed by atoms with van der Waals surface area (Å²) in [4.78, 5) is 0. The first-order chi connectivity index (χ1) is 15.8. The molecule has 2 aliphatic rings. The molecule has 0 aliphatic heterocycles. The molecular weight excluding hydrogens is 431 g/mol. The second kappa shape index (κ2) is 12.2. The van der Waals surface area contributed by atoms with Crippen LogP contribution in [0, 0.1) is 41.2 Å². The largest absolute Gasteiger partial charge is 0.458 e. The molecule has 2 fully saturated rings. The molecule has 184 valence electrons. The minimum absolute atomic E-state index is 0.0642. The number of hydrogen-bond acceptors (Lipinski definition) is 0. The van der Waals surface area contributed by atoms with Gasteiger partial charge in [0.15, 0.2) is 0 Å². The van der Waals surface area contributed by atoms with E-state index in [9.17, 15) is 22.0 Å². The van der Waals surface area contributed by atoms with Gasteiger partial charge in [-0.25, -0.2) is 8.78 Å². The van der Waals surface area contributed by atoms with E-state index in [-0.39, 0.29) is 5.92 Å². The molecule has 2 aliphatic carbocycles. The van der Waals surface area contributed by atoms with Crippen LogP contribution in [0.5, 0.6) is 0 Å². The smallest absolute Gasteiger partial charge is 0.206 e.